The Morgan fingerprint density at radius 2 is 1.89 bits per heavy atom. The van der Waals surface area contributed by atoms with Crippen molar-refractivity contribution in [3.63, 3.8) is 0 Å². The molecule has 0 amide bonds. The summed E-state index contributed by atoms with van der Waals surface area (Å²) >= 11 is 0. The maximum Gasteiger partial charge on any atom is 0.131 e. The van der Waals surface area contributed by atoms with E-state index in [1.54, 1.807) is 12.1 Å². The van der Waals surface area contributed by atoms with Gasteiger partial charge in [-0.1, -0.05) is 49.4 Å². The van der Waals surface area contributed by atoms with E-state index in [1.807, 2.05) is 18.2 Å². The van der Waals surface area contributed by atoms with Crippen molar-refractivity contribution in [3.05, 3.63) is 59.9 Å². The molecule has 0 aliphatic rings. The molecule has 1 unspecified atom stereocenters. The molecular formula is C16H18FN. The third-order valence-corrected chi connectivity index (χ3v) is 3.31. The Balaban J connectivity index is 2.45. The fraction of sp³-hybridized carbons (Fsp3) is 0.250. The quantitative estimate of drug-likeness (QED) is 0.794. The lowest BCUT2D eigenvalue weighted by atomic mass is 9.94. The Morgan fingerprint density at radius 3 is 2.56 bits per heavy atom. The van der Waals surface area contributed by atoms with Crippen molar-refractivity contribution in [3.8, 4) is 0 Å². The number of halogens is 1. The van der Waals surface area contributed by atoms with Crippen LogP contribution in [0.1, 0.15) is 31.4 Å². The van der Waals surface area contributed by atoms with E-state index in [0.29, 0.717) is 5.39 Å². The number of fused-ring (bicyclic) bond motifs is 1. The van der Waals surface area contributed by atoms with Crippen LogP contribution < -0.4 is 5.73 Å². The third kappa shape index (κ3) is 2.44. The maximum atomic E-state index is 13.7. The molecule has 2 N–H and O–H groups in total. The second kappa shape index (κ2) is 5.32. The molecule has 0 spiro atoms. The highest BCUT2D eigenvalue weighted by atomic mass is 19.1. The summed E-state index contributed by atoms with van der Waals surface area (Å²) in [7, 11) is 0. The predicted octanol–water partition coefficient (Wildman–Crippen LogP) is 4.34. The second-order valence-corrected chi connectivity index (χ2v) is 4.60. The van der Waals surface area contributed by atoms with Crippen LogP contribution in [0.25, 0.3) is 10.8 Å². The van der Waals surface area contributed by atoms with Gasteiger partial charge in [0.25, 0.3) is 0 Å². The van der Waals surface area contributed by atoms with Gasteiger partial charge in [-0.3, -0.25) is 0 Å². The van der Waals surface area contributed by atoms with Crippen LogP contribution in [0, 0.1) is 5.82 Å². The highest BCUT2D eigenvalue weighted by Crippen LogP contribution is 2.28. The smallest absolute Gasteiger partial charge is 0.131 e. The maximum absolute atomic E-state index is 13.7. The van der Waals surface area contributed by atoms with Crippen molar-refractivity contribution >= 4 is 10.8 Å². The van der Waals surface area contributed by atoms with Crippen molar-refractivity contribution in [2.24, 2.45) is 5.73 Å². The minimum atomic E-state index is -0.198. The van der Waals surface area contributed by atoms with Crippen LogP contribution in [0.2, 0.25) is 0 Å². The molecule has 0 bridgehead atoms. The highest BCUT2D eigenvalue weighted by Gasteiger charge is 2.12. The first-order chi connectivity index (χ1) is 8.63. The lowest BCUT2D eigenvalue weighted by molar-refractivity contribution is 0.637. The molecule has 0 heterocycles. The van der Waals surface area contributed by atoms with E-state index in [-0.39, 0.29) is 11.9 Å². The lowest BCUT2D eigenvalue weighted by Gasteiger charge is -2.16. The zero-order valence-corrected chi connectivity index (χ0v) is 10.6. The summed E-state index contributed by atoms with van der Waals surface area (Å²) in [5.74, 6) is -0.198. The van der Waals surface area contributed by atoms with E-state index in [2.05, 4.69) is 13.5 Å². The van der Waals surface area contributed by atoms with E-state index in [0.717, 1.165) is 29.4 Å². The summed E-state index contributed by atoms with van der Waals surface area (Å²) < 4.78 is 13.7. The molecule has 0 aliphatic carbocycles. The summed E-state index contributed by atoms with van der Waals surface area (Å²) in [6, 6.07) is 10.6. The number of benzene rings is 2. The first-order valence-corrected chi connectivity index (χ1v) is 6.23. The Bertz CT molecular complexity index is 574. The van der Waals surface area contributed by atoms with Gasteiger partial charge in [-0.2, -0.15) is 0 Å². The molecular weight excluding hydrogens is 225 g/mol. The molecule has 18 heavy (non-hydrogen) atoms. The minimum Gasteiger partial charge on any atom is -0.324 e. The fourth-order valence-corrected chi connectivity index (χ4v) is 2.17. The van der Waals surface area contributed by atoms with Crippen molar-refractivity contribution in [2.75, 3.05) is 0 Å². The first kappa shape index (κ1) is 12.8. The van der Waals surface area contributed by atoms with Gasteiger partial charge in [0.05, 0.1) is 0 Å². The summed E-state index contributed by atoms with van der Waals surface area (Å²) in [5, 5.41) is 1.53. The molecule has 0 saturated heterocycles. The van der Waals surface area contributed by atoms with Gasteiger partial charge in [0, 0.05) is 11.4 Å². The largest absolute Gasteiger partial charge is 0.324 e. The Labute approximate surface area is 107 Å². The highest BCUT2D eigenvalue weighted by molar-refractivity contribution is 5.86. The van der Waals surface area contributed by atoms with Crippen molar-refractivity contribution in [2.45, 2.75) is 25.8 Å². The first-order valence-electron chi connectivity index (χ1n) is 6.23. The fourth-order valence-electron chi connectivity index (χ4n) is 2.17. The van der Waals surface area contributed by atoms with Crippen LogP contribution in [-0.2, 0) is 0 Å². The number of rotatable bonds is 4. The minimum absolute atomic E-state index is 0.122. The number of nitrogens with two attached hydrogens (primary N) is 1. The van der Waals surface area contributed by atoms with Crippen molar-refractivity contribution in [1.29, 1.82) is 0 Å². The summed E-state index contributed by atoms with van der Waals surface area (Å²) in [4.78, 5) is 0. The zero-order valence-electron chi connectivity index (χ0n) is 10.6. The van der Waals surface area contributed by atoms with E-state index >= 15 is 0 Å². The van der Waals surface area contributed by atoms with Gasteiger partial charge in [-0.25, -0.2) is 4.39 Å². The molecule has 94 valence electrons. The molecule has 0 fully saturated rings. The van der Waals surface area contributed by atoms with Crippen LogP contribution in [0.5, 0.6) is 0 Å². The van der Waals surface area contributed by atoms with Gasteiger partial charge in [-0.15, -0.1) is 0 Å². The molecule has 2 heteroatoms. The van der Waals surface area contributed by atoms with Crippen LogP contribution in [0.3, 0.4) is 0 Å². The molecule has 0 aliphatic heterocycles. The van der Waals surface area contributed by atoms with E-state index in [9.17, 15) is 4.39 Å². The average Bonchev–Trinajstić information content (AvgIpc) is 2.39. The summed E-state index contributed by atoms with van der Waals surface area (Å²) in [6.45, 7) is 6.05. The number of hydrogen-bond acceptors (Lipinski definition) is 1. The summed E-state index contributed by atoms with van der Waals surface area (Å²) in [5.41, 5.74) is 8.31. The average molecular weight is 243 g/mol. The molecule has 1 atom stereocenters. The topological polar surface area (TPSA) is 26.0 Å². The molecule has 0 radical (unpaired) electrons. The monoisotopic (exact) mass is 243 g/mol. The molecule has 1 nitrogen and oxygen atoms in total. The van der Waals surface area contributed by atoms with E-state index in [4.69, 9.17) is 5.73 Å². The Morgan fingerprint density at radius 1 is 1.22 bits per heavy atom. The van der Waals surface area contributed by atoms with Gasteiger partial charge in [0.15, 0.2) is 0 Å². The van der Waals surface area contributed by atoms with Crippen LogP contribution in [0.15, 0.2) is 48.6 Å². The standard InChI is InChI=1S/C16H18FN/c1-3-11(2)10-16(18)14-8-9-15(17)13-7-5-4-6-12(13)14/h4-9,16H,2-3,10,18H2,1H3. The Kier molecular flexibility index (Phi) is 3.78. The third-order valence-electron chi connectivity index (χ3n) is 3.31. The Hall–Kier alpha value is -1.67. The second-order valence-electron chi connectivity index (χ2n) is 4.60. The van der Waals surface area contributed by atoms with Crippen LogP contribution >= 0.6 is 0 Å². The van der Waals surface area contributed by atoms with Gasteiger partial charge < -0.3 is 5.73 Å². The molecule has 2 rings (SSSR count). The van der Waals surface area contributed by atoms with E-state index < -0.39 is 0 Å². The molecule has 0 aromatic heterocycles. The number of hydrogen-bond donors (Lipinski definition) is 1. The van der Waals surface area contributed by atoms with Crippen LogP contribution in [-0.4, -0.2) is 0 Å². The molecule has 2 aromatic carbocycles. The van der Waals surface area contributed by atoms with Gasteiger partial charge >= 0.3 is 0 Å². The molecule has 2 aromatic rings. The van der Waals surface area contributed by atoms with Gasteiger partial charge in [0.2, 0.25) is 0 Å². The van der Waals surface area contributed by atoms with Gasteiger partial charge in [0.1, 0.15) is 5.82 Å². The van der Waals surface area contributed by atoms with Gasteiger partial charge in [-0.05, 0) is 29.9 Å². The normalized spacial score (nSPS) is 12.6. The van der Waals surface area contributed by atoms with E-state index in [1.165, 1.54) is 6.07 Å². The van der Waals surface area contributed by atoms with Crippen molar-refractivity contribution in [1.82, 2.24) is 0 Å². The lowest BCUT2D eigenvalue weighted by Crippen LogP contribution is -2.11. The zero-order chi connectivity index (χ0) is 13.1. The predicted molar refractivity (Wildman–Crippen MR) is 74.9 cm³/mol. The van der Waals surface area contributed by atoms with Crippen molar-refractivity contribution < 1.29 is 4.39 Å². The van der Waals surface area contributed by atoms with Crippen LogP contribution in [0.4, 0.5) is 4.39 Å². The SMILES string of the molecule is C=C(CC)CC(N)c1ccc(F)c2ccccc12. The summed E-state index contributed by atoms with van der Waals surface area (Å²) in [6.07, 6.45) is 1.67. The molecule has 0 saturated carbocycles.